The van der Waals surface area contributed by atoms with Crippen LogP contribution in [0.25, 0.3) is 10.9 Å². The SMILES string of the molecule is CSc1ccc(CN(C)C(=O)CCn2ncc(=O)c3ccccc32)cc1. The van der Waals surface area contributed by atoms with E-state index in [-0.39, 0.29) is 11.3 Å². The Balaban J connectivity index is 1.65. The molecule has 6 heteroatoms. The van der Waals surface area contributed by atoms with E-state index >= 15 is 0 Å². The van der Waals surface area contributed by atoms with Gasteiger partial charge in [-0.3, -0.25) is 14.3 Å². The van der Waals surface area contributed by atoms with Gasteiger partial charge >= 0.3 is 0 Å². The van der Waals surface area contributed by atoms with Crippen molar-refractivity contribution < 1.29 is 4.79 Å². The maximum atomic E-state index is 12.5. The van der Waals surface area contributed by atoms with Gasteiger partial charge in [0.25, 0.3) is 0 Å². The van der Waals surface area contributed by atoms with E-state index in [1.807, 2.05) is 43.6 Å². The summed E-state index contributed by atoms with van der Waals surface area (Å²) in [6.45, 7) is 1.02. The van der Waals surface area contributed by atoms with E-state index in [1.54, 1.807) is 27.4 Å². The van der Waals surface area contributed by atoms with Gasteiger partial charge in [-0.15, -0.1) is 11.8 Å². The molecular formula is C20H21N3O2S. The molecule has 0 aliphatic carbocycles. The van der Waals surface area contributed by atoms with Crippen molar-refractivity contribution in [3.63, 3.8) is 0 Å². The lowest BCUT2D eigenvalue weighted by Gasteiger charge is -2.18. The molecule has 0 radical (unpaired) electrons. The molecule has 1 aromatic heterocycles. The van der Waals surface area contributed by atoms with E-state index in [2.05, 4.69) is 17.2 Å². The zero-order valence-electron chi connectivity index (χ0n) is 14.9. The Morgan fingerprint density at radius 3 is 2.62 bits per heavy atom. The first-order chi connectivity index (χ1) is 12.6. The van der Waals surface area contributed by atoms with Crippen LogP contribution < -0.4 is 5.43 Å². The van der Waals surface area contributed by atoms with Crippen LogP contribution in [0.2, 0.25) is 0 Å². The van der Waals surface area contributed by atoms with Crippen LogP contribution in [0, 0.1) is 0 Å². The van der Waals surface area contributed by atoms with Crippen LogP contribution in [-0.2, 0) is 17.9 Å². The van der Waals surface area contributed by atoms with Crippen LogP contribution in [0.3, 0.4) is 0 Å². The van der Waals surface area contributed by atoms with Crippen LogP contribution in [0.15, 0.2) is 64.4 Å². The first kappa shape index (κ1) is 18.2. The second kappa shape index (κ2) is 8.19. The van der Waals surface area contributed by atoms with E-state index in [4.69, 9.17) is 0 Å². The lowest BCUT2D eigenvalue weighted by molar-refractivity contribution is -0.130. The highest BCUT2D eigenvalue weighted by Gasteiger charge is 2.11. The van der Waals surface area contributed by atoms with Crippen LogP contribution >= 0.6 is 11.8 Å². The molecule has 0 saturated carbocycles. The quantitative estimate of drug-likeness (QED) is 0.628. The van der Waals surface area contributed by atoms with Crippen LogP contribution in [0.4, 0.5) is 0 Å². The topological polar surface area (TPSA) is 55.2 Å². The minimum Gasteiger partial charge on any atom is -0.341 e. The number of aryl methyl sites for hydroxylation is 1. The highest BCUT2D eigenvalue weighted by atomic mass is 32.2. The summed E-state index contributed by atoms with van der Waals surface area (Å²) in [7, 11) is 1.81. The summed E-state index contributed by atoms with van der Waals surface area (Å²) in [6, 6.07) is 15.6. The molecule has 0 aliphatic heterocycles. The average Bonchev–Trinajstić information content (AvgIpc) is 2.68. The summed E-state index contributed by atoms with van der Waals surface area (Å²) in [5.41, 5.74) is 1.75. The van der Waals surface area contributed by atoms with Gasteiger partial charge < -0.3 is 4.90 Å². The van der Waals surface area contributed by atoms with E-state index in [1.165, 1.54) is 11.1 Å². The Hall–Kier alpha value is -2.60. The first-order valence-corrected chi connectivity index (χ1v) is 9.62. The number of hydrogen-bond donors (Lipinski definition) is 0. The Labute approximate surface area is 156 Å². The van der Waals surface area contributed by atoms with Crippen molar-refractivity contribution >= 4 is 28.6 Å². The molecule has 0 atom stereocenters. The van der Waals surface area contributed by atoms with Crippen LogP contribution in [0.1, 0.15) is 12.0 Å². The van der Waals surface area contributed by atoms with Crippen molar-refractivity contribution in [3.8, 4) is 0 Å². The monoisotopic (exact) mass is 367 g/mol. The molecule has 0 spiro atoms. The van der Waals surface area contributed by atoms with Gasteiger partial charge in [0.1, 0.15) is 0 Å². The molecule has 5 nitrogen and oxygen atoms in total. The number of rotatable bonds is 6. The molecule has 3 rings (SSSR count). The van der Waals surface area contributed by atoms with Gasteiger partial charge in [0, 0.05) is 30.3 Å². The highest BCUT2D eigenvalue weighted by Crippen LogP contribution is 2.16. The van der Waals surface area contributed by atoms with E-state index in [0.29, 0.717) is 24.9 Å². The molecule has 26 heavy (non-hydrogen) atoms. The number of thioether (sulfide) groups is 1. The van der Waals surface area contributed by atoms with E-state index in [0.717, 1.165) is 11.1 Å². The third-order valence-corrected chi connectivity index (χ3v) is 5.05. The second-order valence-electron chi connectivity index (χ2n) is 6.10. The summed E-state index contributed by atoms with van der Waals surface area (Å²) in [5, 5.41) is 4.79. The number of carbonyl (C=O) groups excluding carboxylic acids is 1. The molecule has 0 unspecified atom stereocenters. The largest absolute Gasteiger partial charge is 0.341 e. The van der Waals surface area contributed by atoms with Crippen molar-refractivity contribution in [2.75, 3.05) is 13.3 Å². The van der Waals surface area contributed by atoms with Gasteiger partial charge in [-0.05, 0) is 36.1 Å². The summed E-state index contributed by atoms with van der Waals surface area (Å²) >= 11 is 1.70. The fourth-order valence-corrected chi connectivity index (χ4v) is 3.23. The van der Waals surface area contributed by atoms with Gasteiger partial charge in [-0.2, -0.15) is 5.10 Å². The second-order valence-corrected chi connectivity index (χ2v) is 6.98. The third kappa shape index (κ3) is 4.14. The molecule has 2 aromatic carbocycles. The molecule has 0 saturated heterocycles. The Morgan fingerprint density at radius 1 is 1.15 bits per heavy atom. The smallest absolute Gasteiger partial charge is 0.224 e. The Bertz CT molecular complexity index is 967. The maximum Gasteiger partial charge on any atom is 0.224 e. The van der Waals surface area contributed by atoms with Gasteiger partial charge in [0.05, 0.1) is 18.3 Å². The van der Waals surface area contributed by atoms with Crippen LogP contribution in [-0.4, -0.2) is 33.9 Å². The van der Waals surface area contributed by atoms with Crippen molar-refractivity contribution in [3.05, 3.63) is 70.5 Å². The standard InChI is InChI=1S/C20H21N3O2S/c1-22(14-15-7-9-16(26-2)10-8-15)20(25)11-12-23-18-6-4-3-5-17(18)19(24)13-21-23/h3-10,13H,11-12,14H2,1-2H3. The van der Waals surface area contributed by atoms with Crippen LogP contribution in [0.5, 0.6) is 0 Å². The highest BCUT2D eigenvalue weighted by molar-refractivity contribution is 7.98. The van der Waals surface area contributed by atoms with Crippen molar-refractivity contribution in [1.82, 2.24) is 14.7 Å². The third-order valence-electron chi connectivity index (χ3n) is 4.30. The molecule has 1 amide bonds. The average molecular weight is 367 g/mol. The molecular weight excluding hydrogens is 346 g/mol. The van der Waals surface area contributed by atoms with Gasteiger partial charge in [-0.1, -0.05) is 24.3 Å². The molecule has 134 valence electrons. The molecule has 0 N–H and O–H groups in total. The number of carbonyl (C=O) groups is 1. The normalized spacial score (nSPS) is 10.8. The lowest BCUT2D eigenvalue weighted by atomic mass is 10.2. The minimum atomic E-state index is -0.103. The molecule has 0 fully saturated rings. The zero-order chi connectivity index (χ0) is 18.5. The van der Waals surface area contributed by atoms with Crippen molar-refractivity contribution in [1.29, 1.82) is 0 Å². The van der Waals surface area contributed by atoms with Crippen molar-refractivity contribution in [2.24, 2.45) is 0 Å². The number of aromatic nitrogens is 2. The number of benzene rings is 2. The Kier molecular flexibility index (Phi) is 5.73. The maximum absolute atomic E-state index is 12.5. The molecule has 3 aromatic rings. The lowest BCUT2D eigenvalue weighted by Crippen LogP contribution is -2.27. The minimum absolute atomic E-state index is 0.0449. The fourth-order valence-electron chi connectivity index (χ4n) is 2.82. The molecule has 0 aliphatic rings. The molecule has 1 heterocycles. The molecule has 0 bridgehead atoms. The number of para-hydroxylation sites is 1. The predicted octanol–water partition coefficient (Wildman–Crippen LogP) is 3.17. The van der Waals surface area contributed by atoms with E-state index < -0.39 is 0 Å². The van der Waals surface area contributed by atoms with Gasteiger partial charge in [-0.25, -0.2) is 0 Å². The fraction of sp³-hybridized carbons (Fsp3) is 0.250. The van der Waals surface area contributed by atoms with Gasteiger partial charge in [0.2, 0.25) is 11.3 Å². The van der Waals surface area contributed by atoms with E-state index in [9.17, 15) is 9.59 Å². The Morgan fingerprint density at radius 2 is 1.88 bits per heavy atom. The number of fused-ring (bicyclic) bond motifs is 1. The summed E-state index contributed by atoms with van der Waals surface area (Å²) in [5.74, 6) is 0.0449. The number of hydrogen-bond acceptors (Lipinski definition) is 4. The number of nitrogens with zero attached hydrogens (tertiary/aromatic N) is 3. The predicted molar refractivity (Wildman–Crippen MR) is 105 cm³/mol. The first-order valence-electron chi connectivity index (χ1n) is 8.40. The summed E-state index contributed by atoms with van der Waals surface area (Å²) < 4.78 is 1.72. The summed E-state index contributed by atoms with van der Waals surface area (Å²) in [4.78, 5) is 27.3. The van der Waals surface area contributed by atoms with Gasteiger partial charge in [0.15, 0.2) is 0 Å². The zero-order valence-corrected chi connectivity index (χ0v) is 15.7. The van der Waals surface area contributed by atoms with Crippen molar-refractivity contribution in [2.45, 2.75) is 24.4 Å². The summed E-state index contributed by atoms with van der Waals surface area (Å²) in [6.07, 6.45) is 3.68. The number of amides is 1.